The van der Waals surface area contributed by atoms with Crippen LogP contribution in [0.3, 0.4) is 0 Å². The minimum atomic E-state index is -0.160. The van der Waals surface area contributed by atoms with Crippen LogP contribution in [-0.4, -0.2) is 15.6 Å². The summed E-state index contributed by atoms with van der Waals surface area (Å²) in [6, 6.07) is 17.4. The van der Waals surface area contributed by atoms with Gasteiger partial charge < -0.3 is 9.73 Å². The fourth-order valence-corrected chi connectivity index (χ4v) is 2.97. The molecule has 0 unspecified atom stereocenters. The summed E-state index contributed by atoms with van der Waals surface area (Å²) in [6.07, 6.45) is 4.90. The number of aliphatic imine (C=N–C) groups is 1. The number of hydrogen-bond acceptors (Lipinski definition) is 5. The first-order valence-electron chi connectivity index (χ1n) is 9.04. The molecule has 4 aromatic rings. The zero-order chi connectivity index (χ0) is 19.3. The Morgan fingerprint density at radius 2 is 2.00 bits per heavy atom. The maximum Gasteiger partial charge on any atom is 0.268 e. The predicted octanol–water partition coefficient (Wildman–Crippen LogP) is 3.83. The second kappa shape index (κ2) is 7.92. The van der Waals surface area contributed by atoms with Gasteiger partial charge >= 0.3 is 0 Å². The summed E-state index contributed by atoms with van der Waals surface area (Å²) in [6.45, 7) is 2.86. The summed E-state index contributed by atoms with van der Waals surface area (Å²) in [5, 5.41) is 3.29. The molecule has 0 aliphatic heterocycles. The van der Waals surface area contributed by atoms with Gasteiger partial charge in [0.1, 0.15) is 22.8 Å². The van der Waals surface area contributed by atoms with E-state index in [1.54, 1.807) is 23.1 Å². The number of anilines is 1. The second-order valence-corrected chi connectivity index (χ2v) is 6.45. The molecule has 0 amide bonds. The molecule has 0 radical (unpaired) electrons. The van der Waals surface area contributed by atoms with Gasteiger partial charge in [0.2, 0.25) is 0 Å². The molecule has 0 saturated carbocycles. The van der Waals surface area contributed by atoms with Crippen molar-refractivity contribution in [2.75, 3.05) is 5.32 Å². The fraction of sp³-hybridized carbons (Fsp3) is 0.136. The Morgan fingerprint density at radius 3 is 2.79 bits per heavy atom. The van der Waals surface area contributed by atoms with Crippen LogP contribution in [0.1, 0.15) is 22.5 Å². The van der Waals surface area contributed by atoms with Crippen molar-refractivity contribution < 1.29 is 4.42 Å². The van der Waals surface area contributed by atoms with Gasteiger partial charge in [-0.15, -0.1) is 0 Å². The molecule has 6 heteroatoms. The highest BCUT2D eigenvalue weighted by Crippen LogP contribution is 2.14. The molecule has 1 N–H and O–H groups in total. The van der Waals surface area contributed by atoms with Gasteiger partial charge in [-0.25, -0.2) is 4.98 Å². The van der Waals surface area contributed by atoms with Gasteiger partial charge in [0.25, 0.3) is 5.56 Å². The van der Waals surface area contributed by atoms with E-state index in [1.807, 2.05) is 61.5 Å². The van der Waals surface area contributed by atoms with E-state index in [0.717, 1.165) is 16.9 Å². The average molecular weight is 372 g/mol. The average Bonchev–Trinajstić information content (AvgIpc) is 3.23. The topological polar surface area (TPSA) is 71.9 Å². The Morgan fingerprint density at radius 1 is 1.14 bits per heavy atom. The van der Waals surface area contributed by atoms with Crippen LogP contribution in [0, 0.1) is 6.92 Å². The first-order chi connectivity index (χ1) is 13.7. The summed E-state index contributed by atoms with van der Waals surface area (Å²) < 4.78 is 6.85. The lowest BCUT2D eigenvalue weighted by atomic mass is 10.2. The quantitative estimate of drug-likeness (QED) is 0.522. The van der Waals surface area contributed by atoms with E-state index in [-0.39, 0.29) is 5.56 Å². The highest BCUT2D eigenvalue weighted by atomic mass is 16.3. The Hall–Kier alpha value is -3.67. The summed E-state index contributed by atoms with van der Waals surface area (Å²) >= 11 is 0. The molecule has 0 spiro atoms. The molecule has 0 saturated heterocycles. The van der Waals surface area contributed by atoms with Gasteiger partial charge in [0, 0.05) is 19.0 Å². The van der Waals surface area contributed by atoms with Crippen molar-refractivity contribution in [3.05, 3.63) is 99.9 Å². The van der Waals surface area contributed by atoms with Crippen molar-refractivity contribution in [3.8, 4) is 0 Å². The first-order valence-corrected chi connectivity index (χ1v) is 9.04. The molecule has 3 heterocycles. The van der Waals surface area contributed by atoms with Gasteiger partial charge in [0.15, 0.2) is 0 Å². The number of hydrogen-bond donors (Lipinski definition) is 1. The molecule has 0 aliphatic carbocycles. The van der Waals surface area contributed by atoms with E-state index in [9.17, 15) is 4.79 Å². The molecule has 0 aliphatic rings. The standard InChI is InChI=1S/C22H20N4O2/c1-16-7-5-11-26-21(16)25-20(24-13-17-8-3-2-4-9-17)19(22(26)27)15-23-14-18-10-6-12-28-18/h2-12,15,24H,13-14H2,1H3. The molecule has 0 atom stereocenters. The maximum absolute atomic E-state index is 13.1. The second-order valence-electron chi connectivity index (χ2n) is 6.45. The molecular weight excluding hydrogens is 352 g/mol. The van der Waals surface area contributed by atoms with Crippen LogP contribution < -0.4 is 10.9 Å². The SMILES string of the molecule is Cc1cccn2c(=O)c(C=NCc3ccco3)c(NCc3ccccc3)nc12. The zero-order valence-electron chi connectivity index (χ0n) is 15.5. The third-order valence-corrected chi connectivity index (χ3v) is 4.43. The monoisotopic (exact) mass is 372 g/mol. The van der Waals surface area contributed by atoms with Crippen LogP contribution in [0.15, 0.2) is 81.3 Å². The van der Waals surface area contributed by atoms with Gasteiger partial charge in [-0.05, 0) is 36.2 Å². The van der Waals surface area contributed by atoms with Gasteiger partial charge in [-0.3, -0.25) is 14.2 Å². The Bertz CT molecular complexity index is 1160. The molecule has 140 valence electrons. The molecule has 3 aromatic heterocycles. The van der Waals surface area contributed by atoms with Crippen molar-refractivity contribution >= 4 is 17.7 Å². The van der Waals surface area contributed by atoms with Gasteiger partial charge in [-0.2, -0.15) is 0 Å². The van der Waals surface area contributed by atoms with Crippen molar-refractivity contribution in [1.29, 1.82) is 0 Å². The van der Waals surface area contributed by atoms with Gasteiger partial charge in [-0.1, -0.05) is 36.4 Å². The largest absolute Gasteiger partial charge is 0.467 e. The summed E-state index contributed by atoms with van der Waals surface area (Å²) in [5.41, 5.74) is 2.93. The predicted molar refractivity (Wildman–Crippen MR) is 110 cm³/mol. The van der Waals surface area contributed by atoms with Crippen molar-refractivity contribution in [2.24, 2.45) is 4.99 Å². The number of aryl methyl sites for hydroxylation is 1. The number of nitrogens with one attached hydrogen (secondary N) is 1. The van der Waals surface area contributed by atoms with E-state index in [4.69, 9.17) is 9.40 Å². The number of pyridine rings is 1. The Labute approximate surface area is 162 Å². The van der Waals surface area contributed by atoms with Crippen molar-refractivity contribution in [2.45, 2.75) is 20.0 Å². The number of benzene rings is 1. The molecule has 28 heavy (non-hydrogen) atoms. The van der Waals surface area contributed by atoms with Crippen LogP contribution in [0.2, 0.25) is 0 Å². The molecule has 0 fully saturated rings. The minimum Gasteiger partial charge on any atom is -0.467 e. The number of furan rings is 1. The fourth-order valence-electron chi connectivity index (χ4n) is 2.97. The molecule has 6 nitrogen and oxygen atoms in total. The van der Waals surface area contributed by atoms with Crippen LogP contribution in [0.25, 0.3) is 5.65 Å². The Balaban J connectivity index is 1.72. The van der Waals surface area contributed by atoms with Crippen LogP contribution >= 0.6 is 0 Å². The highest BCUT2D eigenvalue weighted by molar-refractivity contribution is 5.86. The number of aromatic nitrogens is 2. The van der Waals surface area contributed by atoms with E-state index in [0.29, 0.717) is 30.1 Å². The van der Waals surface area contributed by atoms with Crippen LogP contribution in [0.5, 0.6) is 0 Å². The third kappa shape index (κ3) is 3.71. The normalized spacial score (nSPS) is 11.3. The highest BCUT2D eigenvalue weighted by Gasteiger charge is 2.12. The lowest BCUT2D eigenvalue weighted by Crippen LogP contribution is -2.23. The van der Waals surface area contributed by atoms with Crippen LogP contribution in [0.4, 0.5) is 5.82 Å². The van der Waals surface area contributed by atoms with Crippen molar-refractivity contribution in [1.82, 2.24) is 9.38 Å². The van der Waals surface area contributed by atoms with Gasteiger partial charge in [0.05, 0.1) is 12.8 Å². The summed E-state index contributed by atoms with van der Waals surface area (Å²) in [4.78, 5) is 22.2. The Kier molecular flexibility index (Phi) is 5.01. The number of fused-ring (bicyclic) bond motifs is 1. The molecule has 0 bridgehead atoms. The molecule has 1 aromatic carbocycles. The summed E-state index contributed by atoms with van der Waals surface area (Å²) in [5.74, 6) is 1.26. The smallest absolute Gasteiger partial charge is 0.268 e. The van der Waals surface area contributed by atoms with E-state index >= 15 is 0 Å². The molecular formula is C22H20N4O2. The van der Waals surface area contributed by atoms with E-state index in [2.05, 4.69) is 10.3 Å². The van der Waals surface area contributed by atoms with E-state index < -0.39 is 0 Å². The molecule has 4 rings (SSSR count). The van der Waals surface area contributed by atoms with Crippen molar-refractivity contribution in [3.63, 3.8) is 0 Å². The third-order valence-electron chi connectivity index (χ3n) is 4.43. The minimum absolute atomic E-state index is 0.160. The summed E-state index contributed by atoms with van der Waals surface area (Å²) in [7, 11) is 0. The first kappa shape index (κ1) is 17.7. The van der Waals surface area contributed by atoms with E-state index in [1.165, 1.54) is 0 Å². The lowest BCUT2D eigenvalue weighted by molar-refractivity contribution is 0.513. The maximum atomic E-state index is 13.1. The number of nitrogens with zero attached hydrogens (tertiary/aromatic N) is 3. The zero-order valence-corrected chi connectivity index (χ0v) is 15.5. The lowest BCUT2D eigenvalue weighted by Gasteiger charge is -2.11. The van der Waals surface area contributed by atoms with Crippen LogP contribution in [-0.2, 0) is 13.1 Å². The number of rotatable bonds is 6.